The maximum absolute atomic E-state index is 12.7. The van der Waals surface area contributed by atoms with E-state index in [1.165, 1.54) is 82.5 Å². The molecule has 0 saturated carbocycles. The summed E-state index contributed by atoms with van der Waals surface area (Å²) in [5.74, 6) is -4.40. The van der Waals surface area contributed by atoms with E-state index in [-0.39, 0.29) is 80.8 Å². The number of hydrazone groups is 4. The molecule has 0 bridgehead atoms. The number of nitrogens with one attached hydrogen (secondary N) is 6. The molecule has 10 aromatic heterocycles. The highest BCUT2D eigenvalue weighted by molar-refractivity contribution is 7.18. The lowest BCUT2D eigenvalue weighted by molar-refractivity contribution is -0.274. The van der Waals surface area contributed by atoms with Crippen LogP contribution in [0.1, 0.15) is 162 Å². The molecule has 143 heavy (non-hydrogen) atoms. The van der Waals surface area contributed by atoms with Crippen molar-refractivity contribution in [3.8, 4) is 70.5 Å². The average Bonchev–Trinajstić information content (AvgIpc) is 1.68. The summed E-state index contributed by atoms with van der Waals surface area (Å²) in [6, 6.07) is 44.5. The number of aromatic nitrogens is 3. The van der Waals surface area contributed by atoms with Crippen molar-refractivity contribution in [1.29, 1.82) is 0 Å². The van der Waals surface area contributed by atoms with Crippen LogP contribution in [0, 0.1) is 0 Å². The third-order valence-electron chi connectivity index (χ3n) is 20.1. The molecule has 47 heteroatoms. The Morgan fingerprint density at radius 2 is 0.762 bits per heavy atom. The smallest absolute Gasteiger partial charge is 0.506 e. The molecule has 0 fully saturated rings. The van der Waals surface area contributed by atoms with Crippen molar-refractivity contribution in [2.24, 2.45) is 27.5 Å². The van der Waals surface area contributed by atoms with Crippen molar-refractivity contribution in [1.82, 2.24) is 56.7 Å². The van der Waals surface area contributed by atoms with Gasteiger partial charge in [-0.25, -0.2) is 31.5 Å². The van der Waals surface area contributed by atoms with Gasteiger partial charge in [0.05, 0.1) is 170 Å². The number of alkyl halides is 3. The van der Waals surface area contributed by atoms with E-state index in [1.54, 1.807) is 187 Å². The first-order valence-electron chi connectivity index (χ1n) is 41.6. The molecule has 8 amide bonds. The summed E-state index contributed by atoms with van der Waals surface area (Å²) in [5.41, 5.74) is 18.2. The number of carbonyl (C=O) groups is 9. The van der Waals surface area contributed by atoms with E-state index in [4.69, 9.17) is 74.7 Å². The summed E-state index contributed by atoms with van der Waals surface area (Å²) < 4.78 is 42.7. The Morgan fingerprint density at radius 3 is 1.10 bits per heavy atom. The van der Waals surface area contributed by atoms with E-state index >= 15 is 0 Å². The van der Waals surface area contributed by atoms with Gasteiger partial charge in [0.15, 0.2) is 0 Å². The fourth-order valence-corrected chi connectivity index (χ4v) is 20.8. The van der Waals surface area contributed by atoms with Crippen LogP contribution in [0.15, 0.2) is 231 Å². The van der Waals surface area contributed by atoms with E-state index in [0.717, 1.165) is 91.2 Å². The van der Waals surface area contributed by atoms with Gasteiger partial charge in [0.1, 0.15) is 28.7 Å². The van der Waals surface area contributed by atoms with Crippen molar-refractivity contribution in [2.45, 2.75) is 60.6 Å². The summed E-state index contributed by atoms with van der Waals surface area (Å²) in [6.45, 7) is 9.86. The van der Waals surface area contributed by atoms with Gasteiger partial charge in [0.2, 0.25) is 0 Å². The minimum absolute atomic E-state index is 0.0107. The molecule has 10 heterocycles. The Balaban J connectivity index is 0.000000171. The Labute approximate surface area is 875 Å². The van der Waals surface area contributed by atoms with Gasteiger partial charge in [-0.1, -0.05) is 106 Å². The molecular formula is C96H78Cl6F3N15O15S8. The second-order valence-corrected chi connectivity index (χ2v) is 40.5. The number of pyridine rings is 1. The number of rotatable bonds is 29. The van der Waals surface area contributed by atoms with E-state index in [2.05, 4.69) is 67.4 Å². The number of nitrogens with zero attached hydrogens (tertiary/aromatic N) is 9. The van der Waals surface area contributed by atoms with Crippen LogP contribution in [0.2, 0.25) is 30.1 Å². The number of hydrogen-bond donors (Lipinski definition) is 11. The highest BCUT2D eigenvalue weighted by Crippen LogP contribution is 2.45. The van der Waals surface area contributed by atoms with Crippen molar-refractivity contribution < 1.29 is 86.6 Å². The predicted molar refractivity (Wildman–Crippen MR) is 560 cm³/mol. The molecule has 30 nitrogen and oxygen atoms in total. The summed E-state index contributed by atoms with van der Waals surface area (Å²) in [5, 5.41) is 82.8. The number of benzene rings is 5. The average molecular weight is 2210 g/mol. The summed E-state index contributed by atoms with van der Waals surface area (Å²) in [4.78, 5) is 127. The van der Waals surface area contributed by atoms with Crippen molar-refractivity contribution in [3.63, 3.8) is 0 Å². The molecule has 15 aromatic rings. The third kappa shape index (κ3) is 28.7. The number of ether oxygens (including phenoxy) is 1. The number of hydrogen-bond acceptors (Lipinski definition) is 28. The normalized spacial score (nSPS) is 11.5. The molecule has 0 aliphatic carbocycles. The molecule has 0 spiro atoms. The molecule has 0 radical (unpaired) electrons. The number of aryl methyl sites for hydroxylation is 1. The first-order chi connectivity index (χ1) is 68.1. The highest BCUT2D eigenvalue weighted by Gasteiger charge is 2.32. The number of halogens is 9. The highest BCUT2D eigenvalue weighted by atomic mass is 35.5. The van der Waals surface area contributed by atoms with Crippen LogP contribution >= 0.6 is 160 Å². The minimum Gasteiger partial charge on any atom is -0.506 e. The van der Waals surface area contributed by atoms with E-state index in [1.807, 2.05) is 32.2 Å². The quantitative estimate of drug-likeness (QED) is 0.0153. The minimum atomic E-state index is -4.80. The molecule has 0 aliphatic heterocycles. The summed E-state index contributed by atoms with van der Waals surface area (Å²) in [7, 11) is 5.21. The number of imidazole rings is 1. The number of carboxylic acid groups (broad SMARTS) is 1. The second-order valence-electron chi connectivity index (χ2n) is 30.2. The van der Waals surface area contributed by atoms with Gasteiger partial charge in [-0.05, 0) is 196 Å². The molecule has 5 aromatic carbocycles. The fraction of sp³-hybridized carbons (Fsp3) is 0.135. The zero-order valence-corrected chi connectivity index (χ0v) is 86.6. The van der Waals surface area contributed by atoms with Gasteiger partial charge in [0, 0.05) is 68.1 Å². The lowest BCUT2D eigenvalue weighted by Gasteiger charge is -2.15. The molecular weight excluding hydrogens is 2130 g/mol. The van der Waals surface area contributed by atoms with Crippen LogP contribution in [0.4, 0.5) is 13.2 Å². The van der Waals surface area contributed by atoms with Gasteiger partial charge < -0.3 is 55.3 Å². The second kappa shape index (κ2) is 49.5. The van der Waals surface area contributed by atoms with E-state index in [0.29, 0.717) is 154 Å². The lowest BCUT2D eigenvalue weighted by atomic mass is 10.1. The summed E-state index contributed by atoms with van der Waals surface area (Å²) in [6.07, 6.45) is 0.288. The van der Waals surface area contributed by atoms with Crippen molar-refractivity contribution in [3.05, 3.63) is 324 Å². The van der Waals surface area contributed by atoms with Crippen LogP contribution < -0.4 is 37.1 Å². The van der Waals surface area contributed by atoms with Gasteiger partial charge in [-0.15, -0.1) is 104 Å². The number of thiophene rings is 8. The van der Waals surface area contributed by atoms with Gasteiger partial charge in [-0.3, -0.25) is 43.3 Å². The number of carbonyl (C=O) groups excluding carboxylic acids is 8. The first kappa shape index (κ1) is 108. The molecule has 0 aliphatic rings. The Morgan fingerprint density at radius 1 is 0.420 bits per heavy atom. The van der Waals surface area contributed by atoms with Crippen LogP contribution in [-0.4, -0.2) is 153 Å². The molecule has 15 rings (SSSR count). The van der Waals surface area contributed by atoms with Crippen LogP contribution in [0.25, 0.3) is 41.8 Å². The summed E-state index contributed by atoms with van der Waals surface area (Å²) >= 11 is 45.5. The maximum Gasteiger partial charge on any atom is 0.573 e. The fourth-order valence-electron chi connectivity index (χ4n) is 12.5. The van der Waals surface area contributed by atoms with E-state index < -0.39 is 36.0 Å². The van der Waals surface area contributed by atoms with Gasteiger partial charge in [-0.2, -0.15) is 20.4 Å². The Kier molecular flexibility index (Phi) is 37.5. The largest absolute Gasteiger partial charge is 0.573 e. The van der Waals surface area contributed by atoms with Crippen LogP contribution in [-0.2, 0) is 26.7 Å². The zero-order valence-electron chi connectivity index (χ0n) is 75.5. The monoisotopic (exact) mass is 2200 g/mol. The third-order valence-corrected chi connectivity index (χ3v) is 30.7. The zero-order chi connectivity index (χ0) is 103. The number of aromatic hydroxyl groups is 4. The molecule has 0 saturated heterocycles. The van der Waals surface area contributed by atoms with Gasteiger partial charge in [0.25, 0.3) is 47.3 Å². The Hall–Kier alpha value is -13.5. The van der Waals surface area contributed by atoms with Gasteiger partial charge >= 0.3 is 12.3 Å². The predicted octanol–water partition coefficient (Wildman–Crippen LogP) is 23.2. The number of aromatic carboxylic acids is 1. The topological polar surface area (TPSA) is 423 Å². The number of amides is 8. The lowest BCUT2D eigenvalue weighted by Crippen LogP contribution is -2.25. The Bertz CT molecular complexity index is 7390. The first-order valence-corrected chi connectivity index (χ1v) is 50.7. The molecule has 0 atom stereocenters. The van der Waals surface area contributed by atoms with Crippen molar-refractivity contribution >= 4 is 236 Å². The standard InChI is InChI=1S/C26H19Cl2N3O5S2.C25H20Cl2N4O3S2.C24H20F3N5O4S2.C21H19Cl2N3O3S2/c1-13(17-12-37-23(22(17)32)16-6-7-18(27)19(28)10-16)30-31-25(34)21-9-8-20(38-21)24(33)29-11-14-2-4-15(5-3-14)26(35)36;1-14(17-13-35-23(22(17)32)15-6-7-18(26)19(27)11-15)29-30-24(33)20-8-9-21(36-20)25(34)31(2)12-16-5-3-4-10-28-16;1-13(17-11-37-21(20(17)33)14-3-5-16(6-4-14)36-24(25,26)27)30-31-23(35)19-8-7-18(38-19)22(34)28-9-15-10-32(2)12-29-15;1-4-26(3)21(29)17-8-7-16(31-17)20(28)25-24-11(2)13-10-30-19(18(13)27)12-5-6-14(22)15(23)9-12/h2-10,12,32H,11H2,1H3,(H,29,33)(H,31,34)(H,35,36);3-11,13,32H,12H2,1-2H3,(H,30,33);3-8,10-12,33H,9H2,1-2H3,(H,28,34)(H,31,35);5-10,27H,4H2,1-3H3,(H,25,28)/b30-13+;29-14+;30-13+;24-11+. The number of carboxylic acids is 1. The molecule has 0 unspecified atom stereocenters. The van der Waals surface area contributed by atoms with Crippen molar-refractivity contribution in [2.75, 3.05) is 20.6 Å². The SMILES string of the molecule is C/C(=N\NC(=O)c1ccc(C(=O)N(C)Cc2ccccn2)s1)c1csc(-c2ccc(Cl)c(Cl)c2)c1O.C/C(=N\NC(=O)c1ccc(C(=O)NCc2ccc(C(=O)O)cc2)s1)c1csc(-c2ccc(Cl)c(Cl)c2)c1O.C/C(=N\NC(=O)c1ccc(C(=O)NCc2cn(C)cn2)s1)c1csc(-c2ccc(OC(F)(F)F)cc2)c1O.CCN(C)C(=O)c1ccc(C(=O)N/N=C(\C)c2csc(-c3ccc(Cl)c(Cl)c3)c2O)s1. The molecule has 11 N–H and O–H groups in total. The van der Waals surface area contributed by atoms with Crippen LogP contribution in [0.5, 0.6) is 28.7 Å². The van der Waals surface area contributed by atoms with E-state index in [9.17, 15) is 76.7 Å². The maximum atomic E-state index is 12.7. The molecule has 738 valence electrons. The van der Waals surface area contributed by atoms with Crippen LogP contribution in [0.3, 0.4) is 0 Å².